The van der Waals surface area contributed by atoms with Crippen molar-refractivity contribution in [3.05, 3.63) is 99.5 Å². The van der Waals surface area contributed by atoms with Gasteiger partial charge in [-0.1, -0.05) is 71.7 Å². The zero-order valence-corrected chi connectivity index (χ0v) is 18.1. The third kappa shape index (κ3) is 3.13. The molecule has 6 heteroatoms. The van der Waals surface area contributed by atoms with E-state index in [1.54, 1.807) is 12.1 Å². The lowest BCUT2D eigenvalue weighted by Crippen LogP contribution is -2.47. The van der Waals surface area contributed by atoms with Crippen LogP contribution in [0.3, 0.4) is 0 Å². The second-order valence-corrected chi connectivity index (χ2v) is 8.91. The molecule has 1 spiro atoms. The maximum atomic E-state index is 13.9. The number of halogens is 2. The molecular formula is C25H20Cl2N2O2. The molecule has 0 unspecified atom stereocenters. The normalized spacial score (nSPS) is 25.0. The fraction of sp³-hybridized carbons (Fsp3) is 0.200. The van der Waals surface area contributed by atoms with E-state index >= 15 is 0 Å². The van der Waals surface area contributed by atoms with Gasteiger partial charge in [0.15, 0.2) is 0 Å². The van der Waals surface area contributed by atoms with Crippen LogP contribution in [0.1, 0.15) is 34.9 Å². The molecule has 0 aliphatic carbocycles. The van der Waals surface area contributed by atoms with Gasteiger partial charge in [-0.15, -0.1) is 0 Å². The highest BCUT2D eigenvalue weighted by Crippen LogP contribution is 2.58. The topological polar surface area (TPSA) is 58.2 Å². The van der Waals surface area contributed by atoms with Crippen LogP contribution in [-0.4, -0.2) is 18.4 Å². The van der Waals surface area contributed by atoms with Gasteiger partial charge in [-0.25, -0.2) is 0 Å². The summed E-state index contributed by atoms with van der Waals surface area (Å²) in [5.74, 6) is -1.01. The Bertz CT molecular complexity index is 1180. The molecule has 3 atom stereocenters. The molecule has 0 radical (unpaired) electrons. The smallest absolute Gasteiger partial charge is 0.236 e. The molecule has 0 aromatic heterocycles. The average molecular weight is 451 g/mol. The maximum absolute atomic E-state index is 13.9. The standard InChI is InChI=1S/C25H20Cl2N2O2/c26-17-9-4-8-16(12-17)18-13-22(30)28-14-19(15-6-2-1-3-7-15)25(18)23-20(27)10-5-11-21(23)29-24(25)31/h1-12,18-19H,13-14H2,(H,28,30)(H,29,31)/t18-,19+,25-/m0/s1. The molecule has 2 aliphatic heterocycles. The lowest BCUT2D eigenvalue weighted by Gasteiger charge is -2.41. The van der Waals surface area contributed by atoms with Crippen LogP contribution in [0.15, 0.2) is 72.8 Å². The van der Waals surface area contributed by atoms with Crippen LogP contribution in [0.4, 0.5) is 5.69 Å². The first-order chi connectivity index (χ1) is 15.0. The summed E-state index contributed by atoms with van der Waals surface area (Å²) in [4.78, 5) is 26.8. The minimum absolute atomic E-state index is 0.101. The number of rotatable bonds is 2. The molecule has 2 heterocycles. The Morgan fingerprint density at radius 3 is 2.35 bits per heavy atom. The highest BCUT2D eigenvalue weighted by molar-refractivity contribution is 6.33. The van der Waals surface area contributed by atoms with E-state index in [4.69, 9.17) is 23.2 Å². The van der Waals surface area contributed by atoms with Crippen molar-refractivity contribution in [1.29, 1.82) is 0 Å². The molecule has 0 bridgehead atoms. The van der Waals surface area contributed by atoms with Gasteiger partial charge >= 0.3 is 0 Å². The minimum atomic E-state index is -1.07. The summed E-state index contributed by atoms with van der Waals surface area (Å²) in [6.07, 6.45) is 0.155. The lowest BCUT2D eigenvalue weighted by molar-refractivity contribution is -0.123. The first-order valence-corrected chi connectivity index (χ1v) is 10.9. The third-order valence-electron chi connectivity index (χ3n) is 6.50. The highest BCUT2D eigenvalue weighted by Gasteiger charge is 2.60. The monoisotopic (exact) mass is 450 g/mol. The molecule has 156 valence electrons. The van der Waals surface area contributed by atoms with Crippen molar-refractivity contribution in [2.75, 3.05) is 11.9 Å². The molecule has 4 nitrogen and oxygen atoms in total. The summed E-state index contributed by atoms with van der Waals surface area (Å²) >= 11 is 13.1. The van der Waals surface area contributed by atoms with Crippen LogP contribution in [0.5, 0.6) is 0 Å². The number of anilines is 1. The van der Waals surface area contributed by atoms with Crippen LogP contribution in [0, 0.1) is 0 Å². The van der Waals surface area contributed by atoms with Gasteiger partial charge in [-0.2, -0.15) is 0 Å². The Kier molecular flexibility index (Phi) is 4.99. The minimum Gasteiger partial charge on any atom is -0.355 e. The SMILES string of the molecule is O=C1C[C@@H](c2cccc(Cl)c2)[C@]2(C(=O)Nc3cccc(Cl)c32)[C@@H](c2ccccc2)CN1. The van der Waals surface area contributed by atoms with E-state index < -0.39 is 11.3 Å². The second-order valence-electron chi connectivity index (χ2n) is 8.06. The number of amides is 2. The molecule has 3 aromatic carbocycles. The largest absolute Gasteiger partial charge is 0.355 e. The maximum Gasteiger partial charge on any atom is 0.236 e. The van der Waals surface area contributed by atoms with Crippen molar-refractivity contribution in [3.8, 4) is 0 Å². The first-order valence-electron chi connectivity index (χ1n) is 10.2. The van der Waals surface area contributed by atoms with Crippen LogP contribution in [-0.2, 0) is 15.0 Å². The zero-order valence-electron chi connectivity index (χ0n) is 16.6. The number of hydrogen-bond acceptors (Lipinski definition) is 2. The van der Waals surface area contributed by atoms with E-state index in [1.165, 1.54) is 0 Å². The molecule has 1 saturated heterocycles. The van der Waals surface area contributed by atoms with Gasteiger partial charge in [0, 0.05) is 46.1 Å². The second kappa shape index (κ2) is 7.70. The fourth-order valence-corrected chi connectivity index (χ4v) is 5.79. The Morgan fingerprint density at radius 1 is 0.839 bits per heavy atom. The Balaban J connectivity index is 1.85. The van der Waals surface area contributed by atoms with Crippen molar-refractivity contribution in [1.82, 2.24) is 5.32 Å². The van der Waals surface area contributed by atoms with E-state index in [-0.39, 0.29) is 24.2 Å². The summed E-state index contributed by atoms with van der Waals surface area (Å²) in [6.45, 7) is 0.331. The number of fused-ring (bicyclic) bond motifs is 2. The van der Waals surface area contributed by atoms with E-state index in [0.29, 0.717) is 22.3 Å². The van der Waals surface area contributed by atoms with Crippen LogP contribution >= 0.6 is 23.2 Å². The molecule has 2 amide bonds. The third-order valence-corrected chi connectivity index (χ3v) is 7.05. The number of carbonyl (C=O) groups excluding carboxylic acids is 2. The van der Waals surface area contributed by atoms with E-state index in [2.05, 4.69) is 10.6 Å². The molecule has 5 rings (SSSR count). The number of hydrogen-bond donors (Lipinski definition) is 2. The predicted molar refractivity (Wildman–Crippen MR) is 123 cm³/mol. The van der Waals surface area contributed by atoms with Crippen LogP contribution in [0.25, 0.3) is 0 Å². The first kappa shape index (κ1) is 20.1. The van der Waals surface area contributed by atoms with E-state index in [9.17, 15) is 9.59 Å². The van der Waals surface area contributed by atoms with Crippen molar-refractivity contribution in [2.24, 2.45) is 0 Å². The number of carbonyl (C=O) groups is 2. The Labute approximate surface area is 190 Å². The number of benzene rings is 3. The molecule has 1 fully saturated rings. The summed E-state index contributed by atoms with van der Waals surface area (Å²) in [5.41, 5.74) is 2.18. The van der Waals surface area contributed by atoms with Gasteiger partial charge in [0.25, 0.3) is 0 Å². The van der Waals surface area contributed by atoms with Crippen molar-refractivity contribution < 1.29 is 9.59 Å². The zero-order chi connectivity index (χ0) is 21.6. The Morgan fingerprint density at radius 2 is 1.58 bits per heavy atom. The molecular weight excluding hydrogens is 431 g/mol. The predicted octanol–water partition coefficient (Wildman–Crippen LogP) is 5.27. The average Bonchev–Trinajstić information content (AvgIpc) is 2.96. The molecule has 31 heavy (non-hydrogen) atoms. The Hall–Kier alpha value is -2.82. The highest BCUT2D eigenvalue weighted by atomic mass is 35.5. The summed E-state index contributed by atoms with van der Waals surface area (Å²) in [6, 6.07) is 22.8. The quantitative estimate of drug-likeness (QED) is 0.558. The van der Waals surface area contributed by atoms with Gasteiger partial charge in [-0.3, -0.25) is 9.59 Å². The molecule has 2 aliphatic rings. The van der Waals surface area contributed by atoms with Gasteiger partial charge in [0.2, 0.25) is 11.8 Å². The number of nitrogens with one attached hydrogen (secondary N) is 2. The summed E-state index contributed by atoms with van der Waals surface area (Å²) in [7, 11) is 0. The van der Waals surface area contributed by atoms with Crippen molar-refractivity contribution in [2.45, 2.75) is 23.7 Å². The molecule has 3 aromatic rings. The van der Waals surface area contributed by atoms with E-state index in [0.717, 1.165) is 16.7 Å². The summed E-state index contributed by atoms with van der Waals surface area (Å²) < 4.78 is 0. The van der Waals surface area contributed by atoms with Crippen molar-refractivity contribution >= 4 is 40.7 Å². The van der Waals surface area contributed by atoms with Crippen molar-refractivity contribution in [3.63, 3.8) is 0 Å². The van der Waals surface area contributed by atoms with Gasteiger partial charge in [0.05, 0.1) is 5.41 Å². The lowest BCUT2D eigenvalue weighted by atomic mass is 9.59. The van der Waals surface area contributed by atoms with Crippen LogP contribution < -0.4 is 10.6 Å². The molecule has 2 N–H and O–H groups in total. The van der Waals surface area contributed by atoms with Gasteiger partial charge in [-0.05, 0) is 35.4 Å². The van der Waals surface area contributed by atoms with E-state index in [1.807, 2.05) is 60.7 Å². The fourth-order valence-electron chi connectivity index (χ4n) is 5.26. The van der Waals surface area contributed by atoms with Gasteiger partial charge in [0.1, 0.15) is 0 Å². The summed E-state index contributed by atoms with van der Waals surface area (Å²) in [5, 5.41) is 7.17. The van der Waals surface area contributed by atoms with Crippen LogP contribution in [0.2, 0.25) is 10.0 Å². The molecule has 0 saturated carbocycles. The van der Waals surface area contributed by atoms with Gasteiger partial charge < -0.3 is 10.6 Å².